The van der Waals surface area contributed by atoms with E-state index in [1.54, 1.807) is 11.7 Å². The highest BCUT2D eigenvalue weighted by molar-refractivity contribution is 8.00. The molecular formula is C23H26ClN2O2S+. The zero-order valence-electron chi connectivity index (χ0n) is 16.6. The summed E-state index contributed by atoms with van der Waals surface area (Å²) in [5, 5.41) is 2.85. The fraction of sp³-hybridized carbons (Fsp3) is 0.348. The van der Waals surface area contributed by atoms with Crippen molar-refractivity contribution in [2.45, 2.75) is 48.4 Å². The van der Waals surface area contributed by atoms with Gasteiger partial charge in [0.1, 0.15) is 5.75 Å². The molecule has 0 atom stereocenters. The number of hydrogen-bond acceptors (Lipinski definition) is 3. The maximum atomic E-state index is 13.0. The van der Waals surface area contributed by atoms with Crippen LogP contribution in [0.1, 0.15) is 31.2 Å². The van der Waals surface area contributed by atoms with Gasteiger partial charge < -0.3 is 15.0 Å². The molecule has 0 aliphatic heterocycles. The summed E-state index contributed by atoms with van der Waals surface area (Å²) in [7, 11) is 1.64. The first-order valence-corrected chi connectivity index (χ1v) is 11.2. The van der Waals surface area contributed by atoms with Crippen molar-refractivity contribution < 1.29 is 10.5 Å². The number of quaternary nitrogens is 1. The van der Waals surface area contributed by atoms with Crippen LogP contribution in [0.4, 0.5) is 0 Å². The van der Waals surface area contributed by atoms with Gasteiger partial charge in [0.25, 0.3) is 5.56 Å². The number of aromatic nitrogens is 1. The van der Waals surface area contributed by atoms with E-state index in [1.807, 2.05) is 54.4 Å². The molecule has 1 aromatic heterocycles. The summed E-state index contributed by atoms with van der Waals surface area (Å²) in [6.45, 7) is 0.515. The lowest BCUT2D eigenvalue weighted by atomic mass is 9.96. The minimum atomic E-state index is -0.0191. The number of thioether (sulfide) groups is 1. The molecule has 1 saturated carbocycles. The minimum absolute atomic E-state index is 0.0191. The molecule has 4 nitrogen and oxygen atoms in total. The van der Waals surface area contributed by atoms with E-state index in [1.165, 1.54) is 25.7 Å². The monoisotopic (exact) mass is 429 g/mol. The smallest absolute Gasteiger partial charge is 0.258 e. The van der Waals surface area contributed by atoms with Crippen LogP contribution < -0.4 is 16.0 Å². The van der Waals surface area contributed by atoms with E-state index in [-0.39, 0.29) is 5.56 Å². The highest BCUT2D eigenvalue weighted by Crippen LogP contribution is 2.38. The standard InChI is InChI=1S/C23H25ClN2O2S/c1-28-18-6-2-15(3-7-18)14-26-11-10-16-12-22(21(24)13-20(16)23(26)27)29-19-8-4-17(25)5-9-19/h2-3,6-7,10-13,17,19H,4-5,8-9,14,25H2,1H3/p+1. The predicted octanol–water partition coefficient (Wildman–Crippen LogP) is 4.36. The van der Waals surface area contributed by atoms with Gasteiger partial charge >= 0.3 is 0 Å². The van der Waals surface area contributed by atoms with Crippen LogP contribution in [0.15, 0.2) is 58.4 Å². The zero-order chi connectivity index (χ0) is 20.4. The molecule has 0 unspecified atom stereocenters. The van der Waals surface area contributed by atoms with Crippen molar-refractivity contribution >= 4 is 34.1 Å². The second-order valence-electron chi connectivity index (χ2n) is 7.73. The van der Waals surface area contributed by atoms with Crippen molar-refractivity contribution in [1.29, 1.82) is 0 Å². The Morgan fingerprint density at radius 2 is 1.86 bits per heavy atom. The Morgan fingerprint density at radius 3 is 2.55 bits per heavy atom. The van der Waals surface area contributed by atoms with Crippen LogP contribution in [0.25, 0.3) is 10.8 Å². The van der Waals surface area contributed by atoms with Crippen molar-refractivity contribution in [3.8, 4) is 5.75 Å². The summed E-state index contributed by atoms with van der Waals surface area (Å²) in [4.78, 5) is 14.1. The average Bonchev–Trinajstić information content (AvgIpc) is 2.73. The quantitative estimate of drug-likeness (QED) is 0.655. The van der Waals surface area contributed by atoms with Crippen molar-refractivity contribution in [2.24, 2.45) is 0 Å². The SMILES string of the molecule is COc1ccc(Cn2ccc3cc(SC4CCC([NH3+])CC4)c(Cl)cc3c2=O)cc1. The second-order valence-corrected chi connectivity index (χ2v) is 9.48. The number of fused-ring (bicyclic) bond motifs is 1. The van der Waals surface area contributed by atoms with Gasteiger partial charge in [-0.25, -0.2) is 0 Å². The van der Waals surface area contributed by atoms with Gasteiger partial charge in [0.2, 0.25) is 0 Å². The molecule has 2 aromatic carbocycles. The van der Waals surface area contributed by atoms with Crippen molar-refractivity contribution in [3.63, 3.8) is 0 Å². The lowest BCUT2D eigenvalue weighted by Gasteiger charge is -2.24. The van der Waals surface area contributed by atoms with Gasteiger partial charge in [0.05, 0.1) is 24.7 Å². The van der Waals surface area contributed by atoms with Gasteiger partial charge in [-0.05, 0) is 54.1 Å². The number of benzene rings is 2. The lowest BCUT2D eigenvalue weighted by Crippen LogP contribution is -2.62. The molecule has 6 heteroatoms. The molecule has 0 spiro atoms. The molecule has 3 N–H and O–H groups in total. The van der Waals surface area contributed by atoms with Crippen LogP contribution >= 0.6 is 23.4 Å². The normalized spacial score (nSPS) is 19.4. The summed E-state index contributed by atoms with van der Waals surface area (Å²) in [6, 6.07) is 14.3. The Balaban J connectivity index is 1.58. The molecule has 0 radical (unpaired) electrons. The lowest BCUT2D eigenvalue weighted by molar-refractivity contribution is -0.425. The Kier molecular flexibility index (Phi) is 6.18. The minimum Gasteiger partial charge on any atom is -0.497 e. The zero-order valence-corrected chi connectivity index (χ0v) is 18.1. The average molecular weight is 430 g/mol. The van der Waals surface area contributed by atoms with Gasteiger partial charge in [0, 0.05) is 34.6 Å². The summed E-state index contributed by atoms with van der Waals surface area (Å²) < 4.78 is 6.92. The van der Waals surface area contributed by atoms with Gasteiger partial charge in [-0.1, -0.05) is 23.7 Å². The van der Waals surface area contributed by atoms with Gasteiger partial charge in [-0.3, -0.25) is 4.79 Å². The van der Waals surface area contributed by atoms with Gasteiger partial charge in [0.15, 0.2) is 0 Å². The van der Waals surface area contributed by atoms with Gasteiger partial charge in [-0.15, -0.1) is 11.8 Å². The molecule has 152 valence electrons. The topological polar surface area (TPSA) is 58.9 Å². The fourth-order valence-electron chi connectivity index (χ4n) is 3.86. The number of rotatable bonds is 5. The van der Waals surface area contributed by atoms with Crippen molar-refractivity contribution in [1.82, 2.24) is 4.57 Å². The molecule has 1 fully saturated rings. The Hall–Kier alpha value is -1.95. The van der Waals surface area contributed by atoms with Crippen molar-refractivity contribution in [3.05, 3.63) is 69.6 Å². The molecular weight excluding hydrogens is 404 g/mol. The van der Waals surface area contributed by atoms with E-state index < -0.39 is 0 Å². The maximum Gasteiger partial charge on any atom is 0.258 e. The summed E-state index contributed by atoms with van der Waals surface area (Å²) in [5.41, 5.74) is 5.20. The number of ether oxygens (including phenoxy) is 1. The Labute approximate surface area is 180 Å². The van der Waals surface area contributed by atoms with E-state index in [9.17, 15) is 4.79 Å². The number of nitrogens with zero attached hydrogens (tertiary/aromatic N) is 1. The first kappa shape index (κ1) is 20.3. The highest BCUT2D eigenvalue weighted by Gasteiger charge is 2.22. The van der Waals surface area contributed by atoms with E-state index in [4.69, 9.17) is 16.3 Å². The first-order chi connectivity index (χ1) is 14.0. The predicted molar refractivity (Wildman–Crippen MR) is 120 cm³/mol. The molecule has 3 aromatic rings. The maximum absolute atomic E-state index is 13.0. The number of methoxy groups -OCH3 is 1. The largest absolute Gasteiger partial charge is 0.497 e. The van der Waals surface area contributed by atoms with E-state index in [0.29, 0.717) is 28.2 Å². The van der Waals surface area contributed by atoms with Gasteiger partial charge in [-0.2, -0.15) is 0 Å². The second kappa shape index (κ2) is 8.82. The molecule has 29 heavy (non-hydrogen) atoms. The fourth-order valence-corrected chi connectivity index (χ4v) is 5.39. The molecule has 0 saturated heterocycles. The molecule has 1 aliphatic rings. The highest BCUT2D eigenvalue weighted by atomic mass is 35.5. The molecule has 4 rings (SSSR count). The molecule has 0 bridgehead atoms. The van der Waals surface area contributed by atoms with Crippen LogP contribution in [0.3, 0.4) is 0 Å². The third-order valence-corrected chi connectivity index (χ3v) is 7.45. The van der Waals surface area contributed by atoms with Crippen LogP contribution in [0, 0.1) is 0 Å². The molecule has 1 heterocycles. The van der Waals surface area contributed by atoms with E-state index >= 15 is 0 Å². The summed E-state index contributed by atoms with van der Waals surface area (Å²) in [6.07, 6.45) is 6.58. The summed E-state index contributed by atoms with van der Waals surface area (Å²) >= 11 is 8.42. The van der Waals surface area contributed by atoms with Crippen LogP contribution in [0.5, 0.6) is 5.75 Å². The molecule has 1 aliphatic carbocycles. The van der Waals surface area contributed by atoms with E-state index in [2.05, 4.69) is 11.8 Å². The molecule has 0 amide bonds. The number of pyridine rings is 1. The van der Waals surface area contributed by atoms with Crippen LogP contribution in [-0.2, 0) is 6.54 Å². The first-order valence-electron chi connectivity index (χ1n) is 9.99. The third-order valence-electron chi connectivity index (χ3n) is 5.63. The van der Waals surface area contributed by atoms with Crippen molar-refractivity contribution in [2.75, 3.05) is 7.11 Å². The third kappa shape index (κ3) is 4.63. The Morgan fingerprint density at radius 1 is 1.14 bits per heavy atom. The summed E-state index contributed by atoms with van der Waals surface area (Å²) in [5.74, 6) is 0.806. The van der Waals surface area contributed by atoms with Crippen LogP contribution in [0.2, 0.25) is 5.02 Å². The van der Waals surface area contributed by atoms with E-state index in [0.717, 1.165) is 21.6 Å². The number of halogens is 1. The number of hydrogen-bond donors (Lipinski definition) is 1. The van der Waals surface area contributed by atoms with Crippen LogP contribution in [-0.4, -0.2) is 23.0 Å². The Bertz CT molecular complexity index is 1060.